The summed E-state index contributed by atoms with van der Waals surface area (Å²) in [6.07, 6.45) is 14.2. The molecule has 0 heterocycles. The van der Waals surface area contributed by atoms with Crippen LogP contribution in [0.1, 0.15) is 93.9 Å². The third-order valence-corrected chi connectivity index (χ3v) is 11.2. The molecule has 0 aromatic heterocycles. The van der Waals surface area contributed by atoms with Gasteiger partial charge < -0.3 is 15.3 Å². The summed E-state index contributed by atoms with van der Waals surface area (Å²) in [7, 11) is 0. The van der Waals surface area contributed by atoms with Crippen LogP contribution in [-0.4, -0.2) is 33.1 Å². The number of hydrogen-bond donors (Lipinski definition) is 3. The molecule has 0 aliphatic heterocycles. The van der Waals surface area contributed by atoms with E-state index in [2.05, 4.69) is 53.7 Å². The summed E-state index contributed by atoms with van der Waals surface area (Å²) in [5, 5.41) is 31.8. The van der Waals surface area contributed by atoms with Gasteiger partial charge in [0.2, 0.25) is 0 Å². The Labute approximate surface area is 202 Å². The van der Waals surface area contributed by atoms with Crippen LogP contribution < -0.4 is 0 Å². The minimum atomic E-state index is -0.905. The average molecular weight is 457 g/mol. The van der Waals surface area contributed by atoms with Gasteiger partial charge >= 0.3 is 0 Å². The van der Waals surface area contributed by atoms with Crippen LogP contribution in [-0.2, 0) is 0 Å². The van der Waals surface area contributed by atoms with Crippen molar-refractivity contribution in [2.24, 2.45) is 39.4 Å². The molecule has 0 amide bonds. The van der Waals surface area contributed by atoms with Crippen molar-refractivity contribution in [3.8, 4) is 0 Å². The highest BCUT2D eigenvalue weighted by Gasteiger charge is 2.63. The topological polar surface area (TPSA) is 60.7 Å². The summed E-state index contributed by atoms with van der Waals surface area (Å²) < 4.78 is 0. The Morgan fingerprint density at radius 1 is 1.03 bits per heavy atom. The number of aliphatic hydroxyl groups is 3. The van der Waals surface area contributed by atoms with Crippen LogP contribution in [0.25, 0.3) is 0 Å². The van der Waals surface area contributed by atoms with Crippen LogP contribution in [0.15, 0.2) is 35.5 Å². The molecule has 0 bridgehead atoms. The lowest BCUT2D eigenvalue weighted by atomic mass is 9.44. The Morgan fingerprint density at radius 3 is 2.33 bits per heavy atom. The second-order valence-electron chi connectivity index (χ2n) is 13.8. The highest BCUT2D eigenvalue weighted by Crippen LogP contribution is 2.71. The Hall–Kier alpha value is -0.900. The highest BCUT2D eigenvalue weighted by atomic mass is 16.3. The van der Waals surface area contributed by atoms with Crippen LogP contribution in [0.4, 0.5) is 0 Å². The first-order chi connectivity index (χ1) is 15.1. The van der Waals surface area contributed by atoms with Crippen molar-refractivity contribution in [3.05, 3.63) is 35.5 Å². The molecule has 2 fully saturated rings. The smallest absolute Gasteiger partial charge is 0.0772 e. The van der Waals surface area contributed by atoms with Gasteiger partial charge in [-0.3, -0.25) is 0 Å². The van der Waals surface area contributed by atoms with Crippen LogP contribution >= 0.6 is 0 Å². The van der Waals surface area contributed by atoms with Gasteiger partial charge in [0, 0.05) is 0 Å². The van der Waals surface area contributed by atoms with Crippen molar-refractivity contribution in [3.63, 3.8) is 0 Å². The molecule has 3 nitrogen and oxygen atoms in total. The van der Waals surface area contributed by atoms with Gasteiger partial charge in [-0.25, -0.2) is 0 Å². The second-order valence-corrected chi connectivity index (χ2v) is 13.8. The van der Waals surface area contributed by atoms with E-state index in [1.54, 1.807) is 37.1 Å². The predicted molar refractivity (Wildman–Crippen MR) is 136 cm³/mol. The molecule has 4 aliphatic rings. The van der Waals surface area contributed by atoms with E-state index >= 15 is 0 Å². The maximum atomic E-state index is 11.0. The Kier molecular flexibility index (Phi) is 5.96. The van der Waals surface area contributed by atoms with E-state index in [-0.39, 0.29) is 33.7 Å². The largest absolute Gasteiger partial charge is 0.393 e. The van der Waals surface area contributed by atoms with Gasteiger partial charge in [0.25, 0.3) is 0 Å². The first kappa shape index (κ1) is 25.2. The van der Waals surface area contributed by atoms with Crippen molar-refractivity contribution in [1.29, 1.82) is 0 Å². The number of rotatable bonds is 4. The molecule has 3 heteroatoms. The van der Waals surface area contributed by atoms with Crippen molar-refractivity contribution >= 4 is 0 Å². The monoisotopic (exact) mass is 456 g/mol. The fraction of sp³-hybridized carbons (Fsp3) is 0.800. The summed E-state index contributed by atoms with van der Waals surface area (Å²) in [4.78, 5) is 0. The van der Waals surface area contributed by atoms with Crippen LogP contribution in [0.2, 0.25) is 0 Å². The Morgan fingerprint density at radius 2 is 1.70 bits per heavy atom. The Bertz CT molecular complexity index is 873. The lowest BCUT2D eigenvalue weighted by Crippen LogP contribution is -2.54. The van der Waals surface area contributed by atoms with Crippen LogP contribution in [0.3, 0.4) is 0 Å². The summed E-state index contributed by atoms with van der Waals surface area (Å²) in [6, 6.07) is 0. The van der Waals surface area contributed by atoms with Gasteiger partial charge in [-0.1, -0.05) is 65.8 Å². The standard InChI is InChI=1S/C30H48O3/c1-19(23(31)13-15-26(2,3)33)20-11-17-30(8)22-9-10-24-27(4,5)25(32)14-16-28(24,6)21(22)12-18-29(20,30)7/h9,12-13,15,19-20,23-25,31-33H,10-11,14,16-18H2,1-8H3/b15-13+/t19-,20+,23-,24-,25-,28+,29+,30-/m0/s1. The molecular formula is C30H48O3. The number of allylic oxidation sites excluding steroid dienone is 4. The normalized spacial score (nSPS) is 44.4. The minimum Gasteiger partial charge on any atom is -0.393 e. The molecule has 186 valence electrons. The summed E-state index contributed by atoms with van der Waals surface area (Å²) >= 11 is 0. The van der Waals surface area contributed by atoms with Gasteiger partial charge in [0.05, 0.1) is 17.8 Å². The number of aliphatic hydroxyl groups excluding tert-OH is 2. The fourth-order valence-corrected chi connectivity index (χ4v) is 8.62. The minimum absolute atomic E-state index is 0.0683. The van der Waals surface area contributed by atoms with E-state index in [4.69, 9.17) is 0 Å². The third kappa shape index (κ3) is 3.64. The summed E-state index contributed by atoms with van der Waals surface area (Å²) in [5.41, 5.74) is 2.52. The summed E-state index contributed by atoms with van der Waals surface area (Å²) in [5.74, 6) is 1.04. The molecule has 0 aromatic carbocycles. The van der Waals surface area contributed by atoms with E-state index < -0.39 is 11.7 Å². The van der Waals surface area contributed by atoms with E-state index in [0.717, 1.165) is 38.5 Å². The quantitative estimate of drug-likeness (QED) is 0.442. The molecule has 0 spiro atoms. The molecule has 0 aromatic rings. The first-order valence-corrected chi connectivity index (χ1v) is 13.3. The van der Waals surface area contributed by atoms with E-state index in [0.29, 0.717) is 11.8 Å². The highest BCUT2D eigenvalue weighted by molar-refractivity contribution is 5.49. The number of fused-ring (bicyclic) bond motifs is 5. The molecule has 0 unspecified atom stereocenters. The lowest BCUT2D eigenvalue weighted by molar-refractivity contribution is -0.0853. The van der Waals surface area contributed by atoms with Gasteiger partial charge in [-0.2, -0.15) is 0 Å². The van der Waals surface area contributed by atoms with Crippen molar-refractivity contribution < 1.29 is 15.3 Å². The molecule has 8 atom stereocenters. The summed E-state index contributed by atoms with van der Waals surface area (Å²) in [6.45, 7) is 17.6. The SMILES string of the molecule is C[C@@H]([C@H]1CC[C@@]2(C)C3=CC[C@H]4C(C)(C)[C@@H](O)CC[C@]4(C)C3=CC[C@]12C)[C@@H](O)/C=C/C(C)(C)O. The third-order valence-electron chi connectivity index (χ3n) is 11.2. The molecule has 33 heavy (non-hydrogen) atoms. The van der Waals surface area contributed by atoms with Crippen LogP contribution in [0, 0.1) is 39.4 Å². The average Bonchev–Trinajstić information content (AvgIpc) is 3.00. The van der Waals surface area contributed by atoms with Gasteiger partial charge in [-0.05, 0) is 103 Å². The van der Waals surface area contributed by atoms with Crippen molar-refractivity contribution in [1.82, 2.24) is 0 Å². The van der Waals surface area contributed by atoms with Gasteiger partial charge in [0.1, 0.15) is 0 Å². The number of hydrogen-bond acceptors (Lipinski definition) is 3. The maximum absolute atomic E-state index is 11.0. The molecule has 2 saturated carbocycles. The molecule has 0 radical (unpaired) electrons. The molecular weight excluding hydrogens is 408 g/mol. The zero-order valence-corrected chi connectivity index (χ0v) is 22.3. The second kappa shape index (κ2) is 7.80. The Balaban J connectivity index is 1.67. The molecule has 4 aliphatic carbocycles. The van der Waals surface area contributed by atoms with E-state index in [1.165, 1.54) is 0 Å². The van der Waals surface area contributed by atoms with Crippen LogP contribution in [0.5, 0.6) is 0 Å². The van der Waals surface area contributed by atoms with E-state index in [1.807, 2.05) is 0 Å². The predicted octanol–water partition coefficient (Wildman–Crippen LogP) is 6.20. The fourth-order valence-electron chi connectivity index (χ4n) is 8.62. The molecule has 0 saturated heterocycles. The zero-order chi connectivity index (χ0) is 24.6. The molecule has 4 rings (SSSR count). The lowest BCUT2D eigenvalue weighted by Gasteiger charge is -2.61. The zero-order valence-electron chi connectivity index (χ0n) is 22.3. The van der Waals surface area contributed by atoms with Crippen molar-refractivity contribution in [2.75, 3.05) is 0 Å². The molecule has 3 N–H and O–H groups in total. The van der Waals surface area contributed by atoms with Crippen molar-refractivity contribution in [2.45, 2.75) is 112 Å². The van der Waals surface area contributed by atoms with Gasteiger partial charge in [-0.15, -0.1) is 0 Å². The maximum Gasteiger partial charge on any atom is 0.0772 e. The van der Waals surface area contributed by atoms with Gasteiger partial charge in [0.15, 0.2) is 0 Å². The van der Waals surface area contributed by atoms with E-state index in [9.17, 15) is 15.3 Å². The first-order valence-electron chi connectivity index (χ1n) is 13.3.